The van der Waals surface area contributed by atoms with Crippen molar-refractivity contribution >= 4 is 33.2 Å². The lowest BCUT2D eigenvalue weighted by Crippen LogP contribution is -2.34. The van der Waals surface area contributed by atoms with Gasteiger partial charge in [-0.1, -0.05) is 35.9 Å². The predicted molar refractivity (Wildman–Crippen MR) is 156 cm³/mol. The number of imidazole rings is 1. The van der Waals surface area contributed by atoms with Crippen LogP contribution in [-0.2, 0) is 34.8 Å². The van der Waals surface area contributed by atoms with Crippen molar-refractivity contribution in [3.05, 3.63) is 112 Å². The zero-order chi connectivity index (χ0) is 28.7. The SMILES string of the molecule is Cn1ccnc1CN(C(=O)[C@@H]1C[C@H]1c1ccccc1Cl)c1ccc2c(c1)[C@@H](NS(=O)(=O)c1ccc(F)cc1)CCC2. The van der Waals surface area contributed by atoms with E-state index in [0.717, 1.165) is 47.5 Å². The van der Waals surface area contributed by atoms with Gasteiger partial charge in [0.05, 0.1) is 11.4 Å². The molecule has 0 unspecified atom stereocenters. The van der Waals surface area contributed by atoms with Crippen molar-refractivity contribution in [3.8, 4) is 0 Å². The van der Waals surface area contributed by atoms with Crippen LogP contribution in [0.1, 0.15) is 53.7 Å². The van der Waals surface area contributed by atoms with Crippen molar-refractivity contribution in [2.75, 3.05) is 4.90 Å². The van der Waals surface area contributed by atoms with Crippen LogP contribution in [0.2, 0.25) is 5.02 Å². The highest BCUT2D eigenvalue weighted by molar-refractivity contribution is 7.89. The second-order valence-corrected chi connectivity index (χ2v) is 12.9. The van der Waals surface area contributed by atoms with E-state index in [1.54, 1.807) is 11.1 Å². The molecule has 10 heteroatoms. The zero-order valence-electron chi connectivity index (χ0n) is 22.5. The Morgan fingerprint density at radius 1 is 1.12 bits per heavy atom. The number of carbonyl (C=O) groups is 1. The van der Waals surface area contributed by atoms with E-state index in [2.05, 4.69) is 9.71 Å². The minimum absolute atomic E-state index is 0.00751. The smallest absolute Gasteiger partial charge is 0.241 e. The van der Waals surface area contributed by atoms with Gasteiger partial charge in [-0.2, -0.15) is 0 Å². The summed E-state index contributed by atoms with van der Waals surface area (Å²) in [7, 11) is -1.99. The summed E-state index contributed by atoms with van der Waals surface area (Å²) in [5, 5.41) is 0.661. The van der Waals surface area contributed by atoms with E-state index >= 15 is 0 Å². The van der Waals surface area contributed by atoms with Crippen LogP contribution in [0.25, 0.3) is 0 Å². The van der Waals surface area contributed by atoms with Crippen LogP contribution in [0.4, 0.5) is 10.1 Å². The molecule has 0 aliphatic heterocycles. The lowest BCUT2D eigenvalue weighted by atomic mass is 9.87. The standard InChI is InChI=1S/C31H30ClFN4O3S/c1-36-16-15-34-30(36)19-37(31(38)27-18-26(27)24-6-2-3-7-28(24)32)22-12-9-20-5-4-8-29(25(20)17-22)35-41(39,40)23-13-10-21(33)11-14-23/h2-3,6-7,9-17,26-27,29,35H,4-5,8,18-19H2,1H3/t26-,27+,29-/m0/s1. The highest BCUT2D eigenvalue weighted by atomic mass is 35.5. The normalized spacial score (nSPS) is 19.9. The van der Waals surface area contributed by atoms with Gasteiger partial charge in [0.25, 0.3) is 0 Å². The molecule has 0 radical (unpaired) electrons. The number of hydrogen-bond acceptors (Lipinski definition) is 4. The molecule has 7 nitrogen and oxygen atoms in total. The number of aromatic nitrogens is 2. The number of hydrogen-bond donors (Lipinski definition) is 1. The number of rotatable bonds is 8. The molecule has 0 saturated heterocycles. The Morgan fingerprint density at radius 2 is 1.90 bits per heavy atom. The largest absolute Gasteiger partial charge is 0.337 e. The third-order valence-electron chi connectivity index (χ3n) is 8.08. The number of anilines is 1. The number of amides is 1. The second kappa shape index (κ2) is 11.0. The van der Waals surface area contributed by atoms with Gasteiger partial charge in [0, 0.05) is 42.1 Å². The van der Waals surface area contributed by atoms with E-state index in [1.165, 1.54) is 12.1 Å². The molecule has 1 heterocycles. The highest BCUT2D eigenvalue weighted by Crippen LogP contribution is 2.51. The Hall–Kier alpha value is -3.53. The fourth-order valence-corrected chi connectivity index (χ4v) is 7.25. The van der Waals surface area contributed by atoms with Gasteiger partial charge in [-0.05, 0) is 90.8 Å². The van der Waals surface area contributed by atoms with Crippen LogP contribution in [0.5, 0.6) is 0 Å². The molecule has 2 aliphatic rings. The van der Waals surface area contributed by atoms with Gasteiger partial charge in [-0.15, -0.1) is 0 Å². The summed E-state index contributed by atoms with van der Waals surface area (Å²) in [5.41, 5.74) is 3.55. The highest BCUT2D eigenvalue weighted by Gasteiger charge is 2.47. The van der Waals surface area contributed by atoms with Crippen molar-refractivity contribution in [1.29, 1.82) is 0 Å². The number of carbonyl (C=O) groups excluding carboxylic acids is 1. The Balaban J connectivity index is 1.32. The van der Waals surface area contributed by atoms with Crippen molar-refractivity contribution in [2.45, 2.75) is 49.1 Å². The van der Waals surface area contributed by atoms with Crippen molar-refractivity contribution in [1.82, 2.24) is 14.3 Å². The first-order valence-corrected chi connectivity index (χ1v) is 15.5. The minimum atomic E-state index is -3.88. The molecule has 0 bridgehead atoms. The summed E-state index contributed by atoms with van der Waals surface area (Å²) in [5.74, 6) is 0.0603. The second-order valence-electron chi connectivity index (χ2n) is 10.8. The number of fused-ring (bicyclic) bond motifs is 1. The Labute approximate surface area is 244 Å². The number of aryl methyl sites for hydroxylation is 2. The maximum absolute atomic E-state index is 14.0. The molecule has 212 valence electrons. The molecule has 1 fully saturated rings. The third kappa shape index (κ3) is 5.66. The zero-order valence-corrected chi connectivity index (χ0v) is 24.1. The van der Waals surface area contributed by atoms with Gasteiger partial charge >= 0.3 is 0 Å². The van der Waals surface area contributed by atoms with E-state index in [4.69, 9.17) is 11.6 Å². The lowest BCUT2D eigenvalue weighted by molar-refractivity contribution is -0.120. The maximum Gasteiger partial charge on any atom is 0.241 e. The molecular weight excluding hydrogens is 563 g/mol. The van der Waals surface area contributed by atoms with E-state index in [0.29, 0.717) is 23.6 Å². The molecule has 1 saturated carbocycles. The fourth-order valence-electron chi connectivity index (χ4n) is 5.72. The van der Waals surface area contributed by atoms with Crippen molar-refractivity contribution < 1.29 is 17.6 Å². The first-order chi connectivity index (χ1) is 19.7. The van der Waals surface area contributed by atoms with Gasteiger partial charge in [-0.3, -0.25) is 4.79 Å². The number of halogens is 2. The topological polar surface area (TPSA) is 84.3 Å². The van der Waals surface area contributed by atoms with E-state index < -0.39 is 21.9 Å². The van der Waals surface area contributed by atoms with Crippen LogP contribution >= 0.6 is 11.6 Å². The Morgan fingerprint density at radius 3 is 2.63 bits per heavy atom. The van der Waals surface area contributed by atoms with Crippen LogP contribution < -0.4 is 9.62 Å². The number of benzene rings is 3. The quantitative estimate of drug-likeness (QED) is 0.276. The molecule has 2 aliphatic carbocycles. The fraction of sp³-hybridized carbons (Fsp3) is 0.290. The van der Waals surface area contributed by atoms with Crippen molar-refractivity contribution in [2.24, 2.45) is 13.0 Å². The number of nitrogens with one attached hydrogen (secondary N) is 1. The van der Waals surface area contributed by atoms with Gasteiger partial charge in [0.15, 0.2) is 0 Å². The van der Waals surface area contributed by atoms with Crippen LogP contribution in [0.3, 0.4) is 0 Å². The van der Waals surface area contributed by atoms with Crippen LogP contribution in [-0.4, -0.2) is 23.9 Å². The van der Waals surface area contributed by atoms with Gasteiger partial charge < -0.3 is 9.47 Å². The summed E-state index contributed by atoms with van der Waals surface area (Å²) in [6.45, 7) is 0.277. The summed E-state index contributed by atoms with van der Waals surface area (Å²) in [6, 6.07) is 17.8. The van der Waals surface area contributed by atoms with E-state index in [9.17, 15) is 17.6 Å². The molecule has 0 spiro atoms. The number of sulfonamides is 1. The molecule has 1 N–H and O–H groups in total. The lowest BCUT2D eigenvalue weighted by Gasteiger charge is -2.29. The summed E-state index contributed by atoms with van der Waals surface area (Å²) < 4.78 is 44.5. The molecule has 4 aromatic rings. The molecule has 1 amide bonds. The number of nitrogens with zero attached hydrogens (tertiary/aromatic N) is 3. The Kier molecular flexibility index (Phi) is 7.44. The molecule has 41 heavy (non-hydrogen) atoms. The monoisotopic (exact) mass is 592 g/mol. The van der Waals surface area contributed by atoms with Gasteiger partial charge in [0.2, 0.25) is 15.9 Å². The first-order valence-electron chi connectivity index (χ1n) is 13.6. The van der Waals surface area contributed by atoms with Crippen LogP contribution in [0.15, 0.2) is 84.0 Å². The van der Waals surface area contributed by atoms with E-state index in [1.807, 2.05) is 60.3 Å². The first kappa shape index (κ1) is 27.6. The third-order valence-corrected chi connectivity index (χ3v) is 9.91. The van der Waals surface area contributed by atoms with Gasteiger partial charge in [0.1, 0.15) is 11.6 Å². The Bertz CT molecular complexity index is 1710. The molecule has 3 atom stereocenters. The summed E-state index contributed by atoms with van der Waals surface area (Å²) in [6.07, 6.45) is 6.50. The average molecular weight is 593 g/mol. The molecular formula is C31H30ClFN4O3S. The molecule has 6 rings (SSSR count). The maximum atomic E-state index is 14.0. The summed E-state index contributed by atoms with van der Waals surface area (Å²) in [4.78, 5) is 20.2. The predicted octanol–water partition coefficient (Wildman–Crippen LogP) is 5.91. The van der Waals surface area contributed by atoms with Gasteiger partial charge in [-0.25, -0.2) is 22.5 Å². The molecule has 3 aromatic carbocycles. The summed E-state index contributed by atoms with van der Waals surface area (Å²) >= 11 is 6.45. The average Bonchev–Trinajstić information content (AvgIpc) is 3.65. The molecule has 1 aromatic heterocycles. The van der Waals surface area contributed by atoms with E-state index in [-0.39, 0.29) is 29.2 Å². The van der Waals surface area contributed by atoms with Crippen LogP contribution in [0, 0.1) is 11.7 Å². The minimum Gasteiger partial charge on any atom is -0.337 e. The van der Waals surface area contributed by atoms with Crippen molar-refractivity contribution in [3.63, 3.8) is 0 Å².